The first kappa shape index (κ1) is 35.2. The van der Waals surface area contributed by atoms with Crippen molar-refractivity contribution in [2.24, 2.45) is 0 Å². The van der Waals surface area contributed by atoms with Crippen LogP contribution in [0.5, 0.6) is 0 Å². The highest BCUT2D eigenvalue weighted by Crippen LogP contribution is 2.57. The van der Waals surface area contributed by atoms with Crippen LogP contribution >= 0.6 is 0 Å². The van der Waals surface area contributed by atoms with Gasteiger partial charge in [0.1, 0.15) is 0 Å². The Kier molecular flexibility index (Phi) is 7.41. The molecule has 0 radical (unpaired) electrons. The Morgan fingerprint density at radius 2 is 1.16 bits per heavy atom. The number of benzene rings is 6. The van der Waals surface area contributed by atoms with Gasteiger partial charge in [-0.3, -0.25) is 0 Å². The largest absolute Gasteiger partial charge is 0.311 e. The summed E-state index contributed by atoms with van der Waals surface area (Å²) in [6.07, 6.45) is 3.56. The van der Waals surface area contributed by atoms with Crippen LogP contribution in [-0.2, 0) is 34.5 Å². The van der Waals surface area contributed by atoms with Crippen molar-refractivity contribution < 1.29 is 1.37 Å². The predicted octanol–water partition coefficient (Wildman–Crippen LogP) is 12.5. The van der Waals surface area contributed by atoms with Gasteiger partial charge in [0.15, 0.2) is 0 Å². The average molecular weight is 746 g/mol. The van der Waals surface area contributed by atoms with Crippen LogP contribution in [0.4, 0.5) is 34.1 Å². The number of fused-ring (bicyclic) bond motifs is 10. The van der Waals surface area contributed by atoms with Gasteiger partial charge in [-0.05, 0) is 139 Å². The minimum Gasteiger partial charge on any atom is -0.311 e. The smallest absolute Gasteiger partial charge is 0.252 e. The van der Waals surface area contributed by atoms with Gasteiger partial charge in [0.05, 0.1) is 1.37 Å². The fraction of sp³-hybridized carbons (Fsp3) is 0.333. The molecule has 2 nitrogen and oxygen atoms in total. The van der Waals surface area contributed by atoms with E-state index in [1.807, 2.05) is 0 Å². The zero-order chi connectivity index (χ0) is 40.8. The van der Waals surface area contributed by atoms with E-state index in [-0.39, 0.29) is 28.4 Å². The summed E-state index contributed by atoms with van der Waals surface area (Å²) >= 11 is 0. The van der Waals surface area contributed by atoms with Crippen molar-refractivity contribution in [1.29, 1.82) is 0 Å². The van der Waals surface area contributed by atoms with Crippen molar-refractivity contribution in [3.8, 4) is 11.1 Å². The lowest BCUT2D eigenvalue weighted by Gasteiger charge is -2.45. The zero-order valence-corrected chi connectivity index (χ0v) is 35.9. The minimum absolute atomic E-state index is 0.0139. The Morgan fingerprint density at radius 3 is 1.77 bits per heavy atom. The van der Waals surface area contributed by atoms with Crippen molar-refractivity contribution in [3.63, 3.8) is 0 Å². The third-order valence-electron chi connectivity index (χ3n) is 13.8. The normalized spacial score (nSPS) is 16.4. The molecule has 0 spiro atoms. The van der Waals surface area contributed by atoms with Gasteiger partial charge in [-0.25, -0.2) is 0 Å². The highest BCUT2D eigenvalue weighted by molar-refractivity contribution is 7.00. The van der Waals surface area contributed by atoms with Gasteiger partial charge in [0.25, 0.3) is 6.71 Å². The van der Waals surface area contributed by atoms with Crippen molar-refractivity contribution in [3.05, 3.63) is 148 Å². The summed E-state index contributed by atoms with van der Waals surface area (Å²) in [5.74, 6) is 0. The molecule has 2 aliphatic heterocycles. The maximum atomic E-state index is 9.55. The molecule has 0 amide bonds. The van der Waals surface area contributed by atoms with Gasteiger partial charge in [0.2, 0.25) is 0 Å². The van der Waals surface area contributed by atoms with Crippen LogP contribution in [0, 0.1) is 0 Å². The number of aryl methyl sites for hydroxylation is 1. The molecule has 57 heavy (non-hydrogen) atoms. The Balaban J connectivity index is 1.32. The maximum absolute atomic E-state index is 9.55. The Bertz CT molecular complexity index is 2680. The third-order valence-corrected chi connectivity index (χ3v) is 13.8. The predicted molar refractivity (Wildman–Crippen MR) is 246 cm³/mol. The Hall–Kier alpha value is -5.02. The molecule has 4 aliphatic rings. The van der Waals surface area contributed by atoms with Gasteiger partial charge in [0, 0.05) is 45.1 Å². The molecule has 6 aromatic rings. The fourth-order valence-electron chi connectivity index (χ4n) is 10.7. The second kappa shape index (κ2) is 12.0. The van der Waals surface area contributed by atoms with E-state index in [1.165, 1.54) is 85.1 Å². The molecule has 2 aliphatic carbocycles. The first-order valence-corrected chi connectivity index (χ1v) is 21.3. The molecule has 0 saturated heterocycles. The zero-order valence-electron chi connectivity index (χ0n) is 36.9. The molecular formula is C54H57BN2. The molecule has 286 valence electrons. The van der Waals surface area contributed by atoms with E-state index in [0.717, 1.165) is 29.2 Å². The quantitative estimate of drug-likeness (QED) is 0.163. The molecule has 0 atom stereocenters. The van der Waals surface area contributed by atoms with Gasteiger partial charge < -0.3 is 9.80 Å². The Morgan fingerprint density at radius 1 is 0.579 bits per heavy atom. The second-order valence-corrected chi connectivity index (χ2v) is 20.9. The van der Waals surface area contributed by atoms with Crippen molar-refractivity contribution >= 4 is 57.2 Å². The molecule has 0 bridgehead atoms. The highest BCUT2D eigenvalue weighted by atomic mass is 15.2. The number of hydrogen-bond acceptors (Lipinski definition) is 2. The first-order valence-electron chi connectivity index (χ1n) is 21.8. The van der Waals surface area contributed by atoms with Gasteiger partial charge in [-0.1, -0.05) is 143 Å². The van der Waals surface area contributed by atoms with Crippen LogP contribution in [0.3, 0.4) is 0 Å². The van der Waals surface area contributed by atoms with E-state index < -0.39 is 0 Å². The fourth-order valence-corrected chi connectivity index (χ4v) is 10.7. The van der Waals surface area contributed by atoms with E-state index >= 15 is 0 Å². The van der Waals surface area contributed by atoms with Gasteiger partial charge in [-0.2, -0.15) is 0 Å². The molecule has 10 rings (SSSR count). The van der Waals surface area contributed by atoms with Crippen molar-refractivity contribution in [2.75, 3.05) is 9.80 Å². The van der Waals surface area contributed by atoms with E-state index in [2.05, 4.69) is 189 Å². The summed E-state index contributed by atoms with van der Waals surface area (Å²) in [5, 5.41) is 0. The van der Waals surface area contributed by atoms with Crippen LogP contribution in [0.25, 0.3) is 11.1 Å². The lowest BCUT2D eigenvalue weighted by molar-refractivity contribution is 0.590. The van der Waals surface area contributed by atoms with Crippen molar-refractivity contribution in [2.45, 2.75) is 117 Å². The number of anilines is 6. The first-order chi connectivity index (χ1) is 27.3. The van der Waals surface area contributed by atoms with Crippen LogP contribution in [-0.4, -0.2) is 6.71 Å². The molecule has 0 unspecified atom stereocenters. The number of nitrogens with zero attached hydrogens (tertiary/aromatic N) is 2. The molecular weight excluding hydrogens is 687 g/mol. The molecule has 6 aromatic carbocycles. The van der Waals surface area contributed by atoms with E-state index in [0.29, 0.717) is 6.04 Å². The number of hydrogen-bond donors (Lipinski definition) is 0. The molecule has 0 aromatic heterocycles. The summed E-state index contributed by atoms with van der Waals surface area (Å²) in [5.41, 5.74) is 23.5. The standard InChI is InChI=1S/C54H57BN2/c1-51(2,3)34-19-24-37(25-20-34)56-44-31-23-36(53(7,8)9)32-43(44)55-42-30-29-41-47(40-28-18-33-14-12-15-39(33)48(40)54(41,10)11)50(42)57(46-17-13-16-45(56)49(46)55)38-26-21-35(22-27-38)52(4,5)6/h13,16-32H,12,14-15H2,1-11H3/i13D. The topological polar surface area (TPSA) is 6.48 Å². The van der Waals surface area contributed by atoms with Crippen LogP contribution in [0.1, 0.15) is 123 Å². The lowest BCUT2D eigenvalue weighted by atomic mass is 9.33. The number of rotatable bonds is 2. The molecule has 2 heterocycles. The molecule has 0 N–H and O–H groups in total. The van der Waals surface area contributed by atoms with E-state index in [9.17, 15) is 1.37 Å². The summed E-state index contributed by atoms with van der Waals surface area (Å²) in [6, 6.07) is 40.3. The monoisotopic (exact) mass is 745 g/mol. The summed E-state index contributed by atoms with van der Waals surface area (Å²) in [7, 11) is 0. The highest BCUT2D eigenvalue weighted by Gasteiger charge is 2.48. The SMILES string of the molecule is [2H]c1cc2c3c(c1)N(c1ccc(C(C)(C)C)cc1)c1c(ccc4c1-c1ccc5c(c1C4(C)C)CCC5)B3c1cc(C(C)(C)C)ccc1N2c1ccc(C(C)(C)C)cc1. The van der Waals surface area contributed by atoms with Crippen LogP contribution in [0.15, 0.2) is 109 Å². The van der Waals surface area contributed by atoms with E-state index in [1.54, 1.807) is 5.56 Å². The minimum atomic E-state index is -0.125. The van der Waals surface area contributed by atoms with Crippen molar-refractivity contribution in [1.82, 2.24) is 0 Å². The second-order valence-electron chi connectivity index (χ2n) is 20.9. The van der Waals surface area contributed by atoms with Gasteiger partial charge in [-0.15, -0.1) is 0 Å². The average Bonchev–Trinajstić information content (AvgIpc) is 3.73. The lowest BCUT2D eigenvalue weighted by Crippen LogP contribution is -2.61. The van der Waals surface area contributed by atoms with E-state index in [4.69, 9.17) is 0 Å². The summed E-state index contributed by atoms with van der Waals surface area (Å²) < 4.78 is 9.55. The molecule has 0 saturated carbocycles. The van der Waals surface area contributed by atoms with Crippen LogP contribution < -0.4 is 26.2 Å². The summed E-state index contributed by atoms with van der Waals surface area (Å²) in [4.78, 5) is 4.99. The maximum Gasteiger partial charge on any atom is 0.252 e. The molecule has 3 heteroatoms. The van der Waals surface area contributed by atoms with Crippen LogP contribution in [0.2, 0.25) is 0 Å². The Labute approximate surface area is 343 Å². The molecule has 0 fully saturated rings. The summed E-state index contributed by atoms with van der Waals surface area (Å²) in [6.45, 7) is 25.6. The third kappa shape index (κ3) is 5.30. The van der Waals surface area contributed by atoms with Gasteiger partial charge >= 0.3 is 0 Å².